The summed E-state index contributed by atoms with van der Waals surface area (Å²) in [5.74, 6) is 0. The standard InChI is InChI=1S/C13H17NO3/c15-8-9-17-13(16)14-7-3-6-11-4-1-2-5-12(11)10-14/h1-2,4-5,15H,3,6-10H2. The van der Waals surface area contributed by atoms with Gasteiger partial charge in [0.1, 0.15) is 6.61 Å². The second-order valence-corrected chi connectivity index (χ2v) is 4.13. The lowest BCUT2D eigenvalue weighted by molar-refractivity contribution is 0.0825. The van der Waals surface area contributed by atoms with Crippen LogP contribution in [0.2, 0.25) is 0 Å². The van der Waals surface area contributed by atoms with Crippen molar-refractivity contribution in [1.29, 1.82) is 0 Å². The molecule has 0 radical (unpaired) electrons. The van der Waals surface area contributed by atoms with Crippen molar-refractivity contribution >= 4 is 6.09 Å². The topological polar surface area (TPSA) is 49.8 Å². The van der Waals surface area contributed by atoms with Crippen LogP contribution in [0.3, 0.4) is 0 Å². The number of rotatable bonds is 2. The number of aliphatic hydroxyl groups is 1. The van der Waals surface area contributed by atoms with Crippen LogP contribution in [0, 0.1) is 0 Å². The van der Waals surface area contributed by atoms with E-state index in [4.69, 9.17) is 9.84 Å². The van der Waals surface area contributed by atoms with Gasteiger partial charge >= 0.3 is 6.09 Å². The van der Waals surface area contributed by atoms with Crippen LogP contribution in [0.4, 0.5) is 4.79 Å². The molecule has 0 spiro atoms. The number of ether oxygens (including phenoxy) is 1. The molecule has 1 aliphatic rings. The van der Waals surface area contributed by atoms with E-state index in [2.05, 4.69) is 6.07 Å². The first-order chi connectivity index (χ1) is 8.31. The molecule has 1 heterocycles. The predicted octanol–water partition coefficient (Wildman–Crippen LogP) is 1.56. The summed E-state index contributed by atoms with van der Waals surface area (Å²) in [6, 6.07) is 8.17. The van der Waals surface area contributed by atoms with Crippen LogP contribution < -0.4 is 0 Å². The van der Waals surface area contributed by atoms with Gasteiger partial charge < -0.3 is 14.7 Å². The Balaban J connectivity index is 2.05. The summed E-state index contributed by atoms with van der Waals surface area (Å²) in [5, 5.41) is 8.63. The van der Waals surface area contributed by atoms with E-state index in [1.165, 1.54) is 11.1 Å². The molecule has 1 aromatic carbocycles. The second-order valence-electron chi connectivity index (χ2n) is 4.13. The van der Waals surface area contributed by atoms with Gasteiger partial charge in [0.05, 0.1) is 6.61 Å². The summed E-state index contributed by atoms with van der Waals surface area (Å²) >= 11 is 0. The van der Waals surface area contributed by atoms with Gasteiger partial charge in [0, 0.05) is 13.1 Å². The highest BCUT2D eigenvalue weighted by atomic mass is 16.6. The Kier molecular flexibility index (Phi) is 3.98. The number of carbonyl (C=O) groups excluding carboxylic acids is 1. The number of benzene rings is 1. The van der Waals surface area contributed by atoms with Crippen molar-refractivity contribution < 1.29 is 14.6 Å². The molecular formula is C13H17NO3. The molecule has 0 bridgehead atoms. The Morgan fingerprint density at radius 2 is 2.12 bits per heavy atom. The van der Waals surface area contributed by atoms with E-state index >= 15 is 0 Å². The van der Waals surface area contributed by atoms with Gasteiger partial charge in [-0.25, -0.2) is 4.79 Å². The van der Waals surface area contributed by atoms with Crippen LogP contribution in [-0.2, 0) is 17.7 Å². The molecule has 0 fully saturated rings. The minimum Gasteiger partial charge on any atom is -0.447 e. The van der Waals surface area contributed by atoms with E-state index in [0.717, 1.165) is 12.8 Å². The number of aliphatic hydroxyl groups excluding tert-OH is 1. The van der Waals surface area contributed by atoms with E-state index in [-0.39, 0.29) is 19.3 Å². The number of fused-ring (bicyclic) bond motifs is 1. The highest BCUT2D eigenvalue weighted by molar-refractivity contribution is 5.67. The second kappa shape index (κ2) is 5.68. The van der Waals surface area contributed by atoms with Crippen molar-refractivity contribution in [1.82, 2.24) is 4.90 Å². The average Bonchev–Trinajstić information content (AvgIpc) is 2.58. The van der Waals surface area contributed by atoms with E-state index in [0.29, 0.717) is 13.1 Å². The first-order valence-corrected chi connectivity index (χ1v) is 5.90. The van der Waals surface area contributed by atoms with Gasteiger partial charge in [-0.1, -0.05) is 24.3 Å². The maximum absolute atomic E-state index is 11.7. The Morgan fingerprint density at radius 3 is 2.88 bits per heavy atom. The zero-order valence-electron chi connectivity index (χ0n) is 9.76. The highest BCUT2D eigenvalue weighted by Crippen LogP contribution is 2.18. The lowest BCUT2D eigenvalue weighted by atomic mass is 10.0. The minimum atomic E-state index is -0.337. The number of hydrogen-bond acceptors (Lipinski definition) is 3. The van der Waals surface area contributed by atoms with Crippen LogP contribution in [0.1, 0.15) is 17.5 Å². The molecule has 1 amide bonds. The fourth-order valence-corrected chi connectivity index (χ4v) is 2.08. The lowest BCUT2D eigenvalue weighted by Crippen LogP contribution is -2.31. The average molecular weight is 235 g/mol. The Labute approximate surface area is 101 Å². The number of amides is 1. The summed E-state index contributed by atoms with van der Waals surface area (Å²) in [4.78, 5) is 13.4. The molecule has 92 valence electrons. The molecule has 1 aliphatic heterocycles. The fraction of sp³-hybridized carbons (Fsp3) is 0.462. The zero-order valence-corrected chi connectivity index (χ0v) is 9.76. The van der Waals surface area contributed by atoms with Crippen molar-refractivity contribution in [3.05, 3.63) is 35.4 Å². The summed E-state index contributed by atoms with van der Waals surface area (Å²) in [7, 11) is 0. The molecule has 1 aromatic rings. The van der Waals surface area contributed by atoms with Crippen LogP contribution in [0.25, 0.3) is 0 Å². The molecule has 0 saturated carbocycles. The molecule has 4 heteroatoms. The van der Waals surface area contributed by atoms with Crippen LogP contribution in [-0.4, -0.2) is 35.9 Å². The van der Waals surface area contributed by atoms with Gasteiger partial charge in [-0.2, -0.15) is 0 Å². The fourth-order valence-electron chi connectivity index (χ4n) is 2.08. The van der Waals surface area contributed by atoms with Crippen LogP contribution >= 0.6 is 0 Å². The number of aryl methyl sites for hydroxylation is 1. The Morgan fingerprint density at radius 1 is 1.35 bits per heavy atom. The van der Waals surface area contributed by atoms with Crippen LogP contribution in [0.15, 0.2) is 24.3 Å². The predicted molar refractivity (Wildman–Crippen MR) is 63.6 cm³/mol. The van der Waals surface area contributed by atoms with E-state index in [1.807, 2.05) is 18.2 Å². The van der Waals surface area contributed by atoms with Gasteiger partial charge in [0.25, 0.3) is 0 Å². The third kappa shape index (κ3) is 2.97. The lowest BCUT2D eigenvalue weighted by Gasteiger charge is -2.20. The molecule has 2 rings (SSSR count). The normalized spacial score (nSPS) is 15.0. The smallest absolute Gasteiger partial charge is 0.410 e. The SMILES string of the molecule is O=C(OCCO)N1CCCc2ccccc2C1. The number of hydrogen-bond donors (Lipinski definition) is 1. The largest absolute Gasteiger partial charge is 0.447 e. The molecule has 4 nitrogen and oxygen atoms in total. The van der Waals surface area contributed by atoms with Crippen molar-refractivity contribution in [2.45, 2.75) is 19.4 Å². The van der Waals surface area contributed by atoms with Gasteiger partial charge in [-0.15, -0.1) is 0 Å². The number of carbonyl (C=O) groups is 1. The summed E-state index contributed by atoms with van der Waals surface area (Å²) in [6.45, 7) is 1.24. The zero-order chi connectivity index (χ0) is 12.1. The van der Waals surface area contributed by atoms with Crippen molar-refractivity contribution in [3.63, 3.8) is 0 Å². The molecule has 0 aromatic heterocycles. The van der Waals surface area contributed by atoms with Crippen molar-refractivity contribution in [2.75, 3.05) is 19.8 Å². The van der Waals surface area contributed by atoms with Crippen molar-refractivity contribution in [2.24, 2.45) is 0 Å². The third-order valence-electron chi connectivity index (χ3n) is 2.93. The van der Waals surface area contributed by atoms with Gasteiger partial charge in [-0.05, 0) is 24.0 Å². The summed E-state index contributed by atoms with van der Waals surface area (Å²) in [5.41, 5.74) is 2.50. The molecule has 1 N–H and O–H groups in total. The molecule has 0 saturated heterocycles. The Bertz CT molecular complexity index is 392. The summed E-state index contributed by atoms with van der Waals surface area (Å²) < 4.78 is 4.94. The maximum atomic E-state index is 11.7. The van der Waals surface area contributed by atoms with Crippen molar-refractivity contribution in [3.8, 4) is 0 Å². The molecule has 0 atom stereocenters. The minimum absolute atomic E-state index is 0.0664. The van der Waals surface area contributed by atoms with Gasteiger partial charge in [0.2, 0.25) is 0 Å². The summed E-state index contributed by atoms with van der Waals surface area (Å²) in [6.07, 6.45) is 1.61. The van der Waals surface area contributed by atoms with E-state index in [1.54, 1.807) is 4.90 Å². The van der Waals surface area contributed by atoms with E-state index < -0.39 is 0 Å². The molecule has 0 unspecified atom stereocenters. The first kappa shape index (κ1) is 11.9. The molecular weight excluding hydrogens is 218 g/mol. The van der Waals surface area contributed by atoms with Crippen LogP contribution in [0.5, 0.6) is 0 Å². The molecule has 17 heavy (non-hydrogen) atoms. The monoisotopic (exact) mass is 235 g/mol. The third-order valence-corrected chi connectivity index (χ3v) is 2.93. The maximum Gasteiger partial charge on any atom is 0.410 e. The quantitative estimate of drug-likeness (QED) is 0.846. The highest BCUT2D eigenvalue weighted by Gasteiger charge is 2.19. The number of nitrogens with zero attached hydrogens (tertiary/aromatic N) is 1. The van der Waals surface area contributed by atoms with E-state index in [9.17, 15) is 4.79 Å². The van der Waals surface area contributed by atoms with Gasteiger partial charge in [-0.3, -0.25) is 0 Å². The Hall–Kier alpha value is -1.55. The first-order valence-electron chi connectivity index (χ1n) is 5.90. The van der Waals surface area contributed by atoms with Gasteiger partial charge in [0.15, 0.2) is 0 Å². The molecule has 0 aliphatic carbocycles.